The topological polar surface area (TPSA) is 133 Å². The normalized spacial score (nSPS) is 17.2. The van der Waals surface area contributed by atoms with Crippen molar-refractivity contribution in [1.82, 2.24) is 9.62 Å². The first-order chi connectivity index (χ1) is 15.6. The molecular weight excluding hydrogens is 468 g/mol. The van der Waals surface area contributed by atoms with Crippen molar-refractivity contribution in [3.8, 4) is 0 Å². The van der Waals surface area contributed by atoms with Crippen LogP contribution in [-0.2, 0) is 36.1 Å². The molecule has 0 aromatic heterocycles. The molecule has 4 rings (SSSR count). The van der Waals surface area contributed by atoms with Crippen molar-refractivity contribution in [2.45, 2.75) is 29.6 Å². The van der Waals surface area contributed by atoms with E-state index in [4.69, 9.17) is 0 Å². The molecule has 2 aliphatic heterocycles. The first-order valence-corrected chi connectivity index (χ1v) is 13.3. The van der Waals surface area contributed by atoms with E-state index in [1.165, 1.54) is 37.3 Å². The molecule has 176 valence electrons. The Bertz CT molecular complexity index is 1320. The van der Waals surface area contributed by atoms with E-state index in [0.29, 0.717) is 18.7 Å². The van der Waals surface area contributed by atoms with E-state index in [9.17, 15) is 26.4 Å². The second kappa shape index (κ2) is 8.76. The van der Waals surface area contributed by atoms with E-state index in [2.05, 4.69) is 10.0 Å². The van der Waals surface area contributed by atoms with Crippen LogP contribution in [0.4, 0.5) is 11.4 Å². The highest BCUT2D eigenvalue weighted by atomic mass is 32.2. The van der Waals surface area contributed by atoms with Crippen molar-refractivity contribution in [1.29, 1.82) is 0 Å². The summed E-state index contributed by atoms with van der Waals surface area (Å²) in [5.74, 6) is -0.494. The van der Waals surface area contributed by atoms with E-state index in [0.717, 1.165) is 16.3 Å². The zero-order valence-corrected chi connectivity index (χ0v) is 19.6. The number of aryl methyl sites for hydroxylation is 1. The lowest BCUT2D eigenvalue weighted by atomic mass is 10.0. The molecule has 10 nitrogen and oxygen atoms in total. The summed E-state index contributed by atoms with van der Waals surface area (Å²) >= 11 is 0. The van der Waals surface area contributed by atoms with Crippen LogP contribution in [0.25, 0.3) is 0 Å². The van der Waals surface area contributed by atoms with Crippen LogP contribution in [0.5, 0.6) is 0 Å². The van der Waals surface area contributed by atoms with Gasteiger partial charge in [0.15, 0.2) is 0 Å². The number of piperazine rings is 1. The van der Waals surface area contributed by atoms with Crippen LogP contribution in [0, 0.1) is 0 Å². The molecule has 0 atom stereocenters. The largest absolute Gasteiger partial charge is 0.354 e. The van der Waals surface area contributed by atoms with Crippen LogP contribution in [0.3, 0.4) is 0 Å². The third-order valence-electron chi connectivity index (χ3n) is 5.59. The highest BCUT2D eigenvalue weighted by Gasteiger charge is 2.30. The van der Waals surface area contributed by atoms with Gasteiger partial charge >= 0.3 is 0 Å². The summed E-state index contributed by atoms with van der Waals surface area (Å²) in [6.45, 7) is 2.12. The Morgan fingerprint density at radius 1 is 1.03 bits per heavy atom. The maximum Gasteiger partial charge on any atom is 0.261 e. The molecule has 0 bridgehead atoms. The van der Waals surface area contributed by atoms with E-state index >= 15 is 0 Å². The summed E-state index contributed by atoms with van der Waals surface area (Å²) in [4.78, 5) is 25.0. The van der Waals surface area contributed by atoms with E-state index < -0.39 is 26.0 Å². The number of carbonyl (C=O) groups excluding carboxylic acids is 2. The molecule has 2 heterocycles. The number of sulfonamides is 2. The molecule has 0 aliphatic carbocycles. The molecule has 0 radical (unpaired) electrons. The van der Waals surface area contributed by atoms with Gasteiger partial charge < -0.3 is 10.2 Å². The van der Waals surface area contributed by atoms with Crippen LogP contribution < -0.4 is 14.9 Å². The fourth-order valence-corrected chi connectivity index (χ4v) is 6.51. The summed E-state index contributed by atoms with van der Waals surface area (Å²) in [6, 6.07) is 10.1. The predicted molar refractivity (Wildman–Crippen MR) is 122 cm³/mol. The van der Waals surface area contributed by atoms with E-state index in [1.54, 1.807) is 17.0 Å². The highest BCUT2D eigenvalue weighted by Crippen LogP contribution is 2.30. The maximum absolute atomic E-state index is 13.0. The molecule has 1 saturated heterocycles. The van der Waals surface area contributed by atoms with Crippen molar-refractivity contribution >= 4 is 43.2 Å². The number of nitrogens with one attached hydrogen (secondary N) is 2. The lowest BCUT2D eigenvalue weighted by Crippen LogP contribution is -2.49. The molecule has 12 heteroatoms. The first-order valence-electron chi connectivity index (χ1n) is 10.4. The van der Waals surface area contributed by atoms with Gasteiger partial charge in [0.25, 0.3) is 10.0 Å². The van der Waals surface area contributed by atoms with Gasteiger partial charge in [0.2, 0.25) is 21.8 Å². The minimum atomic E-state index is -4.01. The predicted octanol–water partition coefficient (Wildman–Crippen LogP) is 0.907. The third kappa shape index (κ3) is 4.72. The van der Waals surface area contributed by atoms with Crippen LogP contribution >= 0.6 is 0 Å². The Labute approximate surface area is 192 Å². The Morgan fingerprint density at radius 3 is 2.55 bits per heavy atom. The second-order valence-electron chi connectivity index (χ2n) is 7.89. The van der Waals surface area contributed by atoms with Gasteiger partial charge in [-0.3, -0.25) is 14.3 Å². The molecule has 0 unspecified atom stereocenters. The fourth-order valence-electron chi connectivity index (χ4n) is 3.97. The molecule has 1 fully saturated rings. The van der Waals surface area contributed by atoms with Crippen LogP contribution in [0.1, 0.15) is 18.9 Å². The van der Waals surface area contributed by atoms with Crippen LogP contribution in [0.15, 0.2) is 52.3 Å². The molecule has 2 aromatic rings. The van der Waals surface area contributed by atoms with Crippen molar-refractivity contribution in [3.63, 3.8) is 0 Å². The maximum atomic E-state index is 13.0. The number of anilines is 2. The monoisotopic (exact) mass is 492 g/mol. The number of fused-ring (bicyclic) bond motifs is 1. The molecule has 0 spiro atoms. The number of hydrogen-bond acceptors (Lipinski definition) is 6. The molecular formula is C21H24N4O6S2. The van der Waals surface area contributed by atoms with Gasteiger partial charge in [0, 0.05) is 32.2 Å². The molecule has 33 heavy (non-hydrogen) atoms. The third-order valence-corrected chi connectivity index (χ3v) is 8.81. The van der Waals surface area contributed by atoms with E-state index in [1.807, 2.05) is 0 Å². The molecule has 2 N–H and O–H groups in total. The summed E-state index contributed by atoms with van der Waals surface area (Å²) in [5, 5.41) is 2.57. The van der Waals surface area contributed by atoms with Gasteiger partial charge in [-0.15, -0.1) is 0 Å². The van der Waals surface area contributed by atoms with Crippen molar-refractivity contribution < 1.29 is 26.4 Å². The van der Waals surface area contributed by atoms with Crippen LogP contribution in [0.2, 0.25) is 0 Å². The number of benzene rings is 2. The molecule has 2 aliphatic rings. The highest BCUT2D eigenvalue weighted by molar-refractivity contribution is 7.92. The van der Waals surface area contributed by atoms with Crippen LogP contribution in [-0.4, -0.2) is 59.1 Å². The van der Waals surface area contributed by atoms with Crippen molar-refractivity contribution in [2.75, 3.05) is 35.8 Å². The Kier molecular flexibility index (Phi) is 6.16. The average Bonchev–Trinajstić information content (AvgIpc) is 2.78. The van der Waals surface area contributed by atoms with Crippen molar-refractivity contribution in [2.24, 2.45) is 0 Å². The number of nitrogens with zero attached hydrogens (tertiary/aromatic N) is 2. The summed E-state index contributed by atoms with van der Waals surface area (Å²) in [5.41, 5.74) is 1.55. The van der Waals surface area contributed by atoms with Gasteiger partial charge in [-0.25, -0.2) is 16.8 Å². The SMILES string of the molecule is CC(=O)N1CCCc2cc(S(=O)(=O)Nc3cccc(S(=O)(=O)N4CCNC(=O)C4)c3)ccc21. The lowest BCUT2D eigenvalue weighted by molar-refractivity contribution is -0.122. The minimum Gasteiger partial charge on any atom is -0.354 e. The fraction of sp³-hybridized carbons (Fsp3) is 0.333. The average molecular weight is 493 g/mol. The zero-order chi connectivity index (χ0) is 23.8. The lowest BCUT2D eigenvalue weighted by Gasteiger charge is -2.28. The molecule has 0 saturated carbocycles. The number of carbonyl (C=O) groups is 2. The van der Waals surface area contributed by atoms with E-state index in [-0.39, 0.29) is 41.0 Å². The van der Waals surface area contributed by atoms with Crippen molar-refractivity contribution in [3.05, 3.63) is 48.0 Å². The molecule has 2 aromatic carbocycles. The summed E-state index contributed by atoms with van der Waals surface area (Å²) in [6.07, 6.45) is 1.39. The van der Waals surface area contributed by atoms with Gasteiger partial charge in [-0.1, -0.05) is 6.07 Å². The summed E-state index contributed by atoms with van der Waals surface area (Å²) < 4.78 is 55.3. The Balaban J connectivity index is 1.59. The molecule has 2 amide bonds. The van der Waals surface area contributed by atoms with Gasteiger partial charge in [0.05, 0.1) is 22.0 Å². The summed E-state index contributed by atoms with van der Waals surface area (Å²) in [7, 11) is -7.97. The Morgan fingerprint density at radius 2 is 1.82 bits per heavy atom. The standard InChI is InChI=1S/C21H24N4O6S2/c1-15(26)25-10-3-4-16-12-18(7-8-20(16)25)32(28,29)23-17-5-2-6-19(13-17)33(30,31)24-11-9-22-21(27)14-24/h2,5-8,12-13,23H,3-4,9-11,14H2,1H3,(H,22,27). The van der Waals surface area contributed by atoms with Gasteiger partial charge in [-0.2, -0.15) is 4.31 Å². The zero-order valence-electron chi connectivity index (χ0n) is 17.9. The smallest absolute Gasteiger partial charge is 0.261 e. The quantitative estimate of drug-likeness (QED) is 0.637. The Hall–Kier alpha value is -2.96. The number of amides is 2. The van der Waals surface area contributed by atoms with Gasteiger partial charge in [0.1, 0.15) is 0 Å². The minimum absolute atomic E-state index is 0.0209. The number of rotatable bonds is 5. The second-order valence-corrected chi connectivity index (χ2v) is 11.5. The first kappa shape index (κ1) is 23.2. The number of hydrogen-bond donors (Lipinski definition) is 2. The van der Waals surface area contributed by atoms with Gasteiger partial charge in [-0.05, 0) is 54.8 Å².